The highest BCUT2D eigenvalue weighted by Gasteiger charge is 1.93. The summed E-state index contributed by atoms with van der Waals surface area (Å²) in [5.41, 5.74) is 1.26. The summed E-state index contributed by atoms with van der Waals surface area (Å²) in [5, 5.41) is 8.49. The molecule has 1 aromatic carbocycles. The highest BCUT2D eigenvalue weighted by atomic mass is 16.5. The Kier molecular flexibility index (Phi) is 64.5. The highest BCUT2D eigenvalue weighted by molar-refractivity contribution is 5.25. The normalized spacial score (nSPS) is 10.1. The van der Waals surface area contributed by atoms with E-state index in [1.54, 1.807) is 35.5 Å². The summed E-state index contributed by atoms with van der Waals surface area (Å²) in [6.45, 7) is 12.5. The van der Waals surface area contributed by atoms with Crippen molar-refractivity contribution in [1.29, 1.82) is 0 Å². The van der Waals surface area contributed by atoms with E-state index in [0.29, 0.717) is 6.61 Å². The van der Waals surface area contributed by atoms with Gasteiger partial charge in [-0.3, -0.25) is 0 Å². The molecule has 0 spiro atoms. The lowest BCUT2D eigenvalue weighted by Gasteiger charge is -2.02. The van der Waals surface area contributed by atoms with Gasteiger partial charge in [-0.1, -0.05) is 173 Å². The Labute approximate surface area is 320 Å². The van der Waals surface area contributed by atoms with Gasteiger partial charge in [0.1, 0.15) is 5.75 Å². The van der Waals surface area contributed by atoms with Crippen molar-refractivity contribution in [1.82, 2.24) is 0 Å². The maximum absolute atomic E-state index is 8.49. The Morgan fingerprint density at radius 3 is 1.00 bits per heavy atom. The zero-order valence-electron chi connectivity index (χ0n) is 36.0. The molecule has 1 rings (SSSR count). The third-order valence-electron chi connectivity index (χ3n) is 8.25. The van der Waals surface area contributed by atoms with Crippen LogP contribution in [0.4, 0.5) is 0 Å². The average molecular weight is 729 g/mol. The lowest BCUT2D eigenvalue weighted by atomic mass is 10.1. The number of methoxy groups -OCH3 is 4. The molecule has 0 aromatic heterocycles. The molecule has 0 radical (unpaired) electrons. The van der Waals surface area contributed by atoms with Gasteiger partial charge in [-0.2, -0.15) is 0 Å². The molecule has 0 heterocycles. The number of hydrogen-bond acceptors (Lipinski definition) is 6. The fourth-order valence-corrected chi connectivity index (χ4v) is 5.04. The lowest BCUT2D eigenvalue weighted by molar-refractivity contribution is 0.112. The smallest absolute Gasteiger partial charge is 0.118 e. The number of aliphatic hydroxyl groups excluding tert-OH is 1. The molecule has 0 amide bonds. The number of rotatable bonds is 31. The summed E-state index contributed by atoms with van der Waals surface area (Å²) in [5.74, 6) is 0.917. The van der Waals surface area contributed by atoms with E-state index in [1.807, 2.05) is 24.3 Å². The molecule has 1 aromatic rings. The maximum Gasteiger partial charge on any atom is 0.118 e. The monoisotopic (exact) mass is 729 g/mol. The molecule has 0 atom stereocenters. The van der Waals surface area contributed by atoms with Gasteiger partial charge in [-0.05, 0) is 44.7 Å². The van der Waals surface area contributed by atoms with E-state index in [9.17, 15) is 0 Å². The second-order valence-electron chi connectivity index (χ2n) is 13.5. The van der Waals surface area contributed by atoms with Gasteiger partial charge in [0, 0.05) is 61.5 Å². The Balaban J connectivity index is -0.000000283. The number of hydrogen-bond donors (Lipinski definition) is 1. The van der Waals surface area contributed by atoms with Crippen LogP contribution in [0.2, 0.25) is 0 Å². The van der Waals surface area contributed by atoms with Crippen LogP contribution in [0.15, 0.2) is 24.3 Å². The van der Waals surface area contributed by atoms with Crippen molar-refractivity contribution in [3.05, 3.63) is 29.8 Å². The molecule has 0 aliphatic rings. The van der Waals surface area contributed by atoms with Crippen molar-refractivity contribution in [3.63, 3.8) is 0 Å². The second kappa shape index (κ2) is 58.1. The first-order valence-electron chi connectivity index (χ1n) is 21.2. The van der Waals surface area contributed by atoms with E-state index < -0.39 is 0 Å². The predicted molar refractivity (Wildman–Crippen MR) is 225 cm³/mol. The van der Waals surface area contributed by atoms with E-state index in [1.165, 1.54) is 160 Å². The topological polar surface area (TPSA) is 66.4 Å². The van der Waals surface area contributed by atoms with E-state index in [0.717, 1.165) is 32.0 Å². The van der Waals surface area contributed by atoms with Crippen LogP contribution in [-0.4, -0.2) is 73.7 Å². The fourth-order valence-electron chi connectivity index (χ4n) is 5.04. The van der Waals surface area contributed by atoms with Crippen LogP contribution < -0.4 is 4.74 Å². The summed E-state index contributed by atoms with van der Waals surface area (Å²) in [4.78, 5) is 0. The van der Waals surface area contributed by atoms with Gasteiger partial charge in [0.15, 0.2) is 0 Å². The molecule has 308 valence electrons. The van der Waals surface area contributed by atoms with Crippen molar-refractivity contribution < 1.29 is 28.8 Å². The van der Waals surface area contributed by atoms with Crippen molar-refractivity contribution >= 4 is 0 Å². The van der Waals surface area contributed by atoms with Crippen LogP contribution in [-0.2, 0) is 18.9 Å². The Hall–Kier alpha value is -1.18. The molecule has 0 unspecified atom stereocenters. The zero-order chi connectivity index (χ0) is 38.7. The van der Waals surface area contributed by atoms with Gasteiger partial charge in [-0.25, -0.2) is 0 Å². The standard InChI is InChI=1S/C13H28O.C11H24O2.C11H24O.C8H10O.C2H6O/c1-3-4-5-6-7-8-9-10-11-12-13-14-2;1-2-3-4-5-6-7-10-13-11-8-9-12;1-3-4-5-6-7-8-9-10-11-12-2;1-7-3-5-8(9-2)6-4-7;1-3-2/h3-13H2,1-2H3;12H,2-11H2,1H3;3-11H2,1-2H3;3-6H,1-2H3;1-2H3. The summed E-state index contributed by atoms with van der Waals surface area (Å²) in [6.07, 6.45) is 33.7. The predicted octanol–water partition coefficient (Wildman–Crippen LogP) is 13.3. The number of benzene rings is 1. The minimum Gasteiger partial charge on any atom is -0.497 e. The number of unbranched alkanes of at least 4 members (excludes halogenated alkanes) is 21. The third kappa shape index (κ3) is 64.2. The number of aliphatic hydroxyl groups is 1. The van der Waals surface area contributed by atoms with Crippen LogP contribution >= 0.6 is 0 Å². The summed E-state index contributed by atoms with van der Waals surface area (Å²) < 4.78 is 24.5. The zero-order valence-corrected chi connectivity index (χ0v) is 36.0. The van der Waals surface area contributed by atoms with Gasteiger partial charge in [0.25, 0.3) is 0 Å². The van der Waals surface area contributed by atoms with Gasteiger partial charge in [-0.15, -0.1) is 0 Å². The SMILES string of the molecule is CCCCCCCCCCCCOC.CCCCCCCCCCOC.CCCCCCCCOCCCO.COC.COc1ccc(C)cc1. The van der Waals surface area contributed by atoms with Gasteiger partial charge >= 0.3 is 0 Å². The van der Waals surface area contributed by atoms with Crippen molar-refractivity contribution in [2.75, 3.05) is 68.6 Å². The lowest BCUT2D eigenvalue weighted by Crippen LogP contribution is -1.98. The number of ether oxygens (including phenoxy) is 5. The molecule has 6 heteroatoms. The Morgan fingerprint density at radius 1 is 0.412 bits per heavy atom. The Bertz CT molecular complexity index is 623. The summed E-state index contributed by atoms with van der Waals surface area (Å²) >= 11 is 0. The molecule has 1 N–H and O–H groups in total. The quantitative estimate of drug-likeness (QED) is 0.0768. The van der Waals surface area contributed by atoms with E-state index in [-0.39, 0.29) is 6.61 Å². The summed E-state index contributed by atoms with van der Waals surface area (Å²) in [7, 11) is 8.49. The van der Waals surface area contributed by atoms with Crippen molar-refractivity contribution in [3.8, 4) is 5.75 Å². The minimum absolute atomic E-state index is 0.247. The first-order chi connectivity index (χ1) is 25.0. The second-order valence-corrected chi connectivity index (χ2v) is 13.5. The molecular weight excluding hydrogens is 636 g/mol. The molecule has 0 saturated carbocycles. The molecular formula is C45H92O6. The van der Waals surface area contributed by atoms with Crippen LogP contribution in [0.3, 0.4) is 0 Å². The molecule has 6 nitrogen and oxygen atoms in total. The first kappa shape index (κ1) is 56.6. The van der Waals surface area contributed by atoms with Crippen LogP contribution in [0.1, 0.15) is 187 Å². The van der Waals surface area contributed by atoms with Crippen molar-refractivity contribution in [2.45, 2.75) is 188 Å². The molecule has 0 saturated heterocycles. The van der Waals surface area contributed by atoms with Crippen LogP contribution in [0, 0.1) is 6.92 Å². The molecule has 0 aliphatic heterocycles. The summed E-state index contributed by atoms with van der Waals surface area (Å²) in [6, 6.07) is 7.96. The van der Waals surface area contributed by atoms with Gasteiger partial charge in [0.05, 0.1) is 7.11 Å². The minimum atomic E-state index is 0.247. The maximum atomic E-state index is 8.49. The first-order valence-corrected chi connectivity index (χ1v) is 21.2. The third-order valence-corrected chi connectivity index (χ3v) is 8.25. The Morgan fingerprint density at radius 2 is 0.706 bits per heavy atom. The van der Waals surface area contributed by atoms with Crippen LogP contribution in [0.25, 0.3) is 0 Å². The molecule has 0 fully saturated rings. The molecule has 0 bridgehead atoms. The van der Waals surface area contributed by atoms with Crippen LogP contribution in [0.5, 0.6) is 5.75 Å². The van der Waals surface area contributed by atoms with E-state index in [2.05, 4.69) is 32.4 Å². The van der Waals surface area contributed by atoms with Crippen molar-refractivity contribution in [2.24, 2.45) is 0 Å². The largest absolute Gasteiger partial charge is 0.497 e. The number of aryl methyl sites for hydroxylation is 1. The molecule has 51 heavy (non-hydrogen) atoms. The highest BCUT2D eigenvalue weighted by Crippen LogP contribution is 2.11. The van der Waals surface area contributed by atoms with E-state index >= 15 is 0 Å². The van der Waals surface area contributed by atoms with Gasteiger partial charge < -0.3 is 28.8 Å². The molecule has 0 aliphatic carbocycles. The van der Waals surface area contributed by atoms with Gasteiger partial charge in [0.2, 0.25) is 0 Å². The van der Waals surface area contributed by atoms with E-state index in [4.69, 9.17) is 24.1 Å². The fraction of sp³-hybridized carbons (Fsp3) is 0.867. The average Bonchev–Trinajstić information content (AvgIpc) is 3.14.